The van der Waals surface area contributed by atoms with Crippen molar-refractivity contribution >= 4 is 5.91 Å². The van der Waals surface area contributed by atoms with Gasteiger partial charge in [-0.15, -0.1) is 0 Å². The van der Waals surface area contributed by atoms with E-state index in [1.165, 1.54) is 0 Å². The summed E-state index contributed by atoms with van der Waals surface area (Å²) in [5.74, 6) is 0.0764. The van der Waals surface area contributed by atoms with E-state index in [0.29, 0.717) is 30.9 Å². The number of rotatable bonds is 5. The highest BCUT2D eigenvalue weighted by atomic mass is 19.1. The average Bonchev–Trinajstić information content (AvgIpc) is 3.36. The Labute approximate surface area is 166 Å². The third-order valence-corrected chi connectivity index (χ3v) is 4.77. The number of aromatic nitrogens is 4. The molecule has 9 heteroatoms. The number of amides is 1. The normalized spacial score (nSPS) is 16.1. The fourth-order valence-electron chi connectivity index (χ4n) is 3.27. The van der Waals surface area contributed by atoms with Crippen LogP contribution in [0.2, 0.25) is 0 Å². The molecular formula is C20H20FN5O3. The van der Waals surface area contributed by atoms with Crippen molar-refractivity contribution in [2.24, 2.45) is 7.05 Å². The number of carbonyl (C=O) groups is 1. The molecule has 0 aliphatic carbocycles. The quantitative estimate of drug-likeness (QED) is 0.657. The Bertz CT molecular complexity index is 1020. The lowest BCUT2D eigenvalue weighted by atomic mass is 10.1. The molecule has 0 saturated carbocycles. The number of halogens is 1. The van der Waals surface area contributed by atoms with Crippen LogP contribution in [0, 0.1) is 5.82 Å². The number of benzene rings is 1. The second-order valence-corrected chi connectivity index (χ2v) is 6.73. The largest absolute Gasteiger partial charge is 0.497 e. The summed E-state index contributed by atoms with van der Waals surface area (Å²) in [5.41, 5.74) is 2.05. The molecule has 3 aromatic rings. The SMILES string of the molecule is COc1cccc(-c2cc(C(=O)N3CC[C@H](Oc4ncc(F)cn4)C3)n(C)n2)c1. The first-order valence-corrected chi connectivity index (χ1v) is 9.15. The van der Waals surface area contributed by atoms with Gasteiger partial charge in [-0.05, 0) is 18.2 Å². The highest BCUT2D eigenvalue weighted by Crippen LogP contribution is 2.25. The molecule has 1 fully saturated rings. The first kappa shape index (κ1) is 18.9. The third kappa shape index (κ3) is 4.03. The lowest BCUT2D eigenvalue weighted by molar-refractivity contribution is 0.0759. The summed E-state index contributed by atoms with van der Waals surface area (Å²) in [4.78, 5) is 22.3. The van der Waals surface area contributed by atoms with E-state index in [2.05, 4.69) is 15.1 Å². The fraction of sp³-hybridized carbons (Fsp3) is 0.300. The van der Waals surface area contributed by atoms with Gasteiger partial charge < -0.3 is 14.4 Å². The Hall–Kier alpha value is -3.49. The van der Waals surface area contributed by atoms with Gasteiger partial charge in [0.05, 0.1) is 31.7 Å². The summed E-state index contributed by atoms with van der Waals surface area (Å²) in [6.07, 6.45) is 2.51. The number of methoxy groups -OCH3 is 1. The van der Waals surface area contributed by atoms with Crippen molar-refractivity contribution < 1.29 is 18.7 Å². The van der Waals surface area contributed by atoms with Gasteiger partial charge in [0.1, 0.15) is 17.5 Å². The van der Waals surface area contributed by atoms with Crippen molar-refractivity contribution in [3.05, 3.63) is 54.2 Å². The minimum atomic E-state index is -0.524. The summed E-state index contributed by atoms with van der Waals surface area (Å²) in [5, 5.41) is 4.47. The Morgan fingerprint density at radius 2 is 2.03 bits per heavy atom. The van der Waals surface area contributed by atoms with Gasteiger partial charge in [0, 0.05) is 25.6 Å². The van der Waals surface area contributed by atoms with Gasteiger partial charge in [0.2, 0.25) is 0 Å². The van der Waals surface area contributed by atoms with Crippen LogP contribution in [0.1, 0.15) is 16.9 Å². The summed E-state index contributed by atoms with van der Waals surface area (Å²) in [7, 11) is 3.35. The number of ether oxygens (including phenoxy) is 2. The van der Waals surface area contributed by atoms with E-state index in [9.17, 15) is 9.18 Å². The van der Waals surface area contributed by atoms with Crippen LogP contribution in [0.3, 0.4) is 0 Å². The molecule has 2 aromatic heterocycles. The number of aryl methyl sites for hydroxylation is 1. The summed E-state index contributed by atoms with van der Waals surface area (Å²) in [6.45, 7) is 0.948. The first-order valence-electron chi connectivity index (χ1n) is 9.15. The van der Waals surface area contributed by atoms with Gasteiger partial charge >= 0.3 is 6.01 Å². The molecule has 3 heterocycles. The number of hydrogen-bond donors (Lipinski definition) is 0. The van der Waals surface area contributed by atoms with Gasteiger partial charge in [0.15, 0.2) is 5.82 Å². The summed E-state index contributed by atoms with van der Waals surface area (Å²) < 4.78 is 25.4. The van der Waals surface area contributed by atoms with Crippen molar-refractivity contribution in [3.63, 3.8) is 0 Å². The predicted octanol–water partition coefficient (Wildman–Crippen LogP) is 2.32. The topological polar surface area (TPSA) is 82.4 Å². The second-order valence-electron chi connectivity index (χ2n) is 6.73. The molecular weight excluding hydrogens is 377 g/mol. The second kappa shape index (κ2) is 7.86. The number of nitrogens with zero attached hydrogens (tertiary/aromatic N) is 5. The molecule has 0 N–H and O–H groups in total. The molecule has 0 radical (unpaired) electrons. The van der Waals surface area contributed by atoms with Gasteiger partial charge in [-0.25, -0.2) is 14.4 Å². The maximum absolute atomic E-state index is 13.0. The molecule has 0 bridgehead atoms. The van der Waals surface area contributed by atoms with E-state index in [-0.39, 0.29) is 18.0 Å². The first-order chi connectivity index (χ1) is 14.0. The van der Waals surface area contributed by atoms with E-state index in [1.807, 2.05) is 24.3 Å². The minimum Gasteiger partial charge on any atom is -0.497 e. The number of likely N-dealkylation sites (tertiary alicyclic amines) is 1. The lowest BCUT2D eigenvalue weighted by Crippen LogP contribution is -2.32. The van der Waals surface area contributed by atoms with Gasteiger partial charge in [-0.2, -0.15) is 5.10 Å². The van der Waals surface area contributed by atoms with Crippen LogP contribution < -0.4 is 9.47 Å². The van der Waals surface area contributed by atoms with Crippen molar-refractivity contribution in [2.75, 3.05) is 20.2 Å². The van der Waals surface area contributed by atoms with Crippen molar-refractivity contribution in [1.82, 2.24) is 24.6 Å². The fourth-order valence-corrected chi connectivity index (χ4v) is 3.27. The number of carbonyl (C=O) groups excluding carboxylic acids is 1. The summed E-state index contributed by atoms with van der Waals surface area (Å²) in [6, 6.07) is 9.40. The Morgan fingerprint density at radius 1 is 1.24 bits per heavy atom. The van der Waals surface area contributed by atoms with E-state index in [0.717, 1.165) is 23.7 Å². The maximum Gasteiger partial charge on any atom is 0.316 e. The monoisotopic (exact) mass is 397 g/mol. The molecule has 0 spiro atoms. The Morgan fingerprint density at radius 3 is 2.79 bits per heavy atom. The van der Waals surface area contributed by atoms with E-state index < -0.39 is 5.82 Å². The smallest absolute Gasteiger partial charge is 0.316 e. The highest BCUT2D eigenvalue weighted by Gasteiger charge is 2.30. The van der Waals surface area contributed by atoms with Gasteiger partial charge in [-0.1, -0.05) is 12.1 Å². The van der Waals surface area contributed by atoms with E-state index >= 15 is 0 Å². The minimum absolute atomic E-state index is 0.103. The molecule has 1 aliphatic heterocycles. The van der Waals surface area contributed by atoms with Crippen LogP contribution in [0.5, 0.6) is 11.8 Å². The average molecular weight is 397 g/mol. The standard InChI is InChI=1S/C20H20FN5O3/c1-25-18(9-17(24-25)13-4-3-5-15(8-13)28-2)19(27)26-7-6-16(12-26)29-20-22-10-14(21)11-23-20/h3-5,8-11,16H,6-7,12H2,1-2H3/t16-/m0/s1. The van der Waals surface area contributed by atoms with Crippen molar-refractivity contribution in [1.29, 1.82) is 0 Å². The predicted molar refractivity (Wildman–Crippen MR) is 102 cm³/mol. The van der Waals surface area contributed by atoms with Crippen molar-refractivity contribution in [3.8, 4) is 23.0 Å². The zero-order valence-electron chi connectivity index (χ0n) is 16.1. The highest BCUT2D eigenvalue weighted by molar-refractivity contribution is 5.94. The van der Waals surface area contributed by atoms with Crippen LogP contribution in [0.25, 0.3) is 11.3 Å². The van der Waals surface area contributed by atoms with Crippen molar-refractivity contribution in [2.45, 2.75) is 12.5 Å². The van der Waals surface area contributed by atoms with Crippen LogP contribution >= 0.6 is 0 Å². The van der Waals surface area contributed by atoms with Crippen LogP contribution in [-0.2, 0) is 7.05 Å². The Kier molecular flexibility index (Phi) is 5.11. The molecule has 1 aliphatic rings. The van der Waals surface area contributed by atoms with Gasteiger partial charge in [-0.3, -0.25) is 9.48 Å². The van der Waals surface area contributed by atoms with Crippen LogP contribution in [0.4, 0.5) is 4.39 Å². The molecule has 150 valence electrons. The van der Waals surface area contributed by atoms with E-state index in [1.54, 1.807) is 29.8 Å². The third-order valence-electron chi connectivity index (χ3n) is 4.77. The van der Waals surface area contributed by atoms with Crippen LogP contribution in [-0.4, -0.2) is 56.9 Å². The molecule has 1 amide bonds. The molecule has 1 atom stereocenters. The number of hydrogen-bond acceptors (Lipinski definition) is 6. The zero-order valence-corrected chi connectivity index (χ0v) is 16.1. The van der Waals surface area contributed by atoms with E-state index in [4.69, 9.17) is 9.47 Å². The molecule has 4 rings (SSSR count). The molecule has 8 nitrogen and oxygen atoms in total. The Balaban J connectivity index is 1.46. The molecule has 1 saturated heterocycles. The molecule has 1 aromatic carbocycles. The molecule has 29 heavy (non-hydrogen) atoms. The van der Waals surface area contributed by atoms with Gasteiger partial charge in [0.25, 0.3) is 5.91 Å². The lowest BCUT2D eigenvalue weighted by Gasteiger charge is -2.16. The molecule has 0 unspecified atom stereocenters. The maximum atomic E-state index is 13.0. The summed E-state index contributed by atoms with van der Waals surface area (Å²) >= 11 is 0. The van der Waals surface area contributed by atoms with Crippen LogP contribution in [0.15, 0.2) is 42.7 Å². The zero-order chi connectivity index (χ0) is 20.4.